The lowest BCUT2D eigenvalue weighted by Crippen LogP contribution is -2.31. The molecule has 1 atom stereocenters. The first kappa shape index (κ1) is 18.4. The Morgan fingerprint density at radius 3 is 2.50 bits per heavy atom. The van der Waals surface area contributed by atoms with Gasteiger partial charge in [0.25, 0.3) is 5.91 Å². The number of methoxy groups -OCH3 is 1. The molecule has 0 aliphatic carbocycles. The third-order valence-corrected chi connectivity index (χ3v) is 5.16. The van der Waals surface area contributed by atoms with Crippen LogP contribution in [0, 0.1) is 0 Å². The van der Waals surface area contributed by atoms with E-state index in [0.717, 1.165) is 11.6 Å². The molecule has 0 saturated carbocycles. The first-order chi connectivity index (χ1) is 12.4. The van der Waals surface area contributed by atoms with E-state index in [0.29, 0.717) is 18.0 Å². The summed E-state index contributed by atoms with van der Waals surface area (Å²) in [5, 5.41) is -0.271. The van der Waals surface area contributed by atoms with E-state index in [1.807, 2.05) is 12.1 Å². The first-order valence-corrected chi connectivity index (χ1v) is 8.85. The Morgan fingerprint density at radius 1 is 1.15 bits per heavy atom. The van der Waals surface area contributed by atoms with Gasteiger partial charge in [0, 0.05) is 12.3 Å². The summed E-state index contributed by atoms with van der Waals surface area (Å²) in [5.74, 6) is 0.412. The minimum Gasteiger partial charge on any atom is -0.497 e. The summed E-state index contributed by atoms with van der Waals surface area (Å²) in [7, 11) is 1.56. The normalized spacial score (nSPS) is 17.2. The summed E-state index contributed by atoms with van der Waals surface area (Å²) in [6, 6.07) is 12.7. The van der Waals surface area contributed by atoms with E-state index in [4.69, 9.17) is 4.74 Å². The van der Waals surface area contributed by atoms with Crippen LogP contribution in [0.15, 0.2) is 48.5 Å². The summed E-state index contributed by atoms with van der Waals surface area (Å²) >= 11 is 1.56. The SMILES string of the molecule is COc1ccc(C2SCCN2C(=O)c2ccccc2OC(F)(F)F)cc1. The number of nitrogens with zero attached hydrogens (tertiary/aromatic N) is 1. The number of para-hydroxylation sites is 1. The van der Waals surface area contributed by atoms with Gasteiger partial charge in [-0.3, -0.25) is 4.79 Å². The average molecular weight is 383 g/mol. The van der Waals surface area contributed by atoms with E-state index in [1.54, 1.807) is 35.9 Å². The van der Waals surface area contributed by atoms with Gasteiger partial charge in [-0.2, -0.15) is 0 Å². The largest absolute Gasteiger partial charge is 0.573 e. The first-order valence-electron chi connectivity index (χ1n) is 7.80. The predicted octanol–water partition coefficient (Wildman–Crippen LogP) is 4.48. The van der Waals surface area contributed by atoms with Crippen LogP contribution in [0.4, 0.5) is 13.2 Å². The molecule has 0 N–H and O–H groups in total. The molecule has 1 heterocycles. The van der Waals surface area contributed by atoms with E-state index < -0.39 is 18.0 Å². The fraction of sp³-hybridized carbons (Fsp3) is 0.278. The number of carbonyl (C=O) groups excluding carboxylic acids is 1. The lowest BCUT2D eigenvalue weighted by molar-refractivity contribution is -0.274. The molecular formula is C18H16F3NO3S. The van der Waals surface area contributed by atoms with Gasteiger partial charge in [-0.15, -0.1) is 24.9 Å². The van der Waals surface area contributed by atoms with E-state index in [9.17, 15) is 18.0 Å². The summed E-state index contributed by atoms with van der Waals surface area (Å²) in [6.45, 7) is 0.445. The fourth-order valence-electron chi connectivity index (χ4n) is 2.73. The molecule has 0 radical (unpaired) electrons. The van der Waals surface area contributed by atoms with Crippen molar-refractivity contribution < 1.29 is 27.4 Å². The number of amides is 1. The minimum atomic E-state index is -4.86. The molecule has 138 valence electrons. The lowest BCUT2D eigenvalue weighted by atomic mass is 10.1. The number of rotatable bonds is 4. The standard InChI is InChI=1S/C18H16F3NO3S/c1-24-13-8-6-12(7-9-13)17-22(10-11-26-17)16(23)14-4-2-3-5-15(14)25-18(19,20)21/h2-9,17H,10-11H2,1H3. The van der Waals surface area contributed by atoms with Gasteiger partial charge in [0.2, 0.25) is 0 Å². The number of benzene rings is 2. The molecule has 1 saturated heterocycles. The molecule has 1 fully saturated rings. The van der Waals surface area contributed by atoms with Crippen molar-refractivity contribution in [2.24, 2.45) is 0 Å². The van der Waals surface area contributed by atoms with Gasteiger partial charge in [-0.05, 0) is 29.8 Å². The second-order valence-electron chi connectivity index (χ2n) is 5.54. The molecule has 1 aliphatic heterocycles. The topological polar surface area (TPSA) is 38.8 Å². The maximum absolute atomic E-state index is 12.9. The molecule has 0 spiro atoms. The van der Waals surface area contributed by atoms with Crippen molar-refractivity contribution in [2.75, 3.05) is 19.4 Å². The zero-order valence-corrected chi connectivity index (χ0v) is 14.6. The zero-order chi connectivity index (χ0) is 18.7. The molecule has 4 nitrogen and oxygen atoms in total. The molecule has 0 bridgehead atoms. The highest BCUT2D eigenvalue weighted by Gasteiger charge is 2.36. The third kappa shape index (κ3) is 4.07. The Bertz CT molecular complexity index is 780. The predicted molar refractivity (Wildman–Crippen MR) is 92.4 cm³/mol. The maximum atomic E-state index is 12.9. The maximum Gasteiger partial charge on any atom is 0.573 e. The number of hydrogen-bond donors (Lipinski definition) is 0. The van der Waals surface area contributed by atoms with Crippen molar-refractivity contribution in [3.63, 3.8) is 0 Å². The summed E-state index contributed by atoms with van der Waals surface area (Å²) in [5.41, 5.74) is 0.779. The zero-order valence-electron chi connectivity index (χ0n) is 13.8. The number of hydrogen-bond acceptors (Lipinski definition) is 4. The third-order valence-electron chi connectivity index (χ3n) is 3.90. The van der Waals surface area contributed by atoms with E-state index in [2.05, 4.69) is 4.74 Å². The lowest BCUT2D eigenvalue weighted by Gasteiger charge is -2.25. The van der Waals surface area contributed by atoms with Crippen molar-refractivity contribution in [3.05, 3.63) is 59.7 Å². The number of thioether (sulfide) groups is 1. The number of halogens is 3. The quantitative estimate of drug-likeness (QED) is 0.780. The van der Waals surface area contributed by atoms with Crippen LogP contribution in [0.5, 0.6) is 11.5 Å². The van der Waals surface area contributed by atoms with Crippen molar-refractivity contribution in [2.45, 2.75) is 11.7 Å². The molecule has 0 aromatic heterocycles. The Hall–Kier alpha value is -2.35. The summed E-state index contributed by atoms with van der Waals surface area (Å²) < 4.78 is 47.0. The van der Waals surface area contributed by atoms with Gasteiger partial charge >= 0.3 is 6.36 Å². The highest BCUT2D eigenvalue weighted by atomic mass is 32.2. The van der Waals surface area contributed by atoms with Gasteiger partial charge in [0.05, 0.1) is 12.7 Å². The van der Waals surface area contributed by atoms with Crippen LogP contribution in [-0.4, -0.2) is 36.6 Å². The number of alkyl halides is 3. The van der Waals surface area contributed by atoms with Gasteiger partial charge in [-0.25, -0.2) is 0 Å². The molecular weight excluding hydrogens is 367 g/mol. The van der Waals surface area contributed by atoms with Crippen molar-refractivity contribution >= 4 is 17.7 Å². The number of ether oxygens (including phenoxy) is 2. The van der Waals surface area contributed by atoms with Crippen LogP contribution in [0.3, 0.4) is 0 Å². The molecule has 3 rings (SSSR count). The monoisotopic (exact) mass is 383 g/mol. The minimum absolute atomic E-state index is 0.106. The highest BCUT2D eigenvalue weighted by Crippen LogP contribution is 2.40. The second-order valence-corrected chi connectivity index (χ2v) is 6.73. The molecule has 1 amide bonds. The number of carbonyl (C=O) groups is 1. The molecule has 1 aliphatic rings. The van der Waals surface area contributed by atoms with Crippen LogP contribution in [0.1, 0.15) is 21.3 Å². The van der Waals surface area contributed by atoms with Gasteiger partial charge in [0.15, 0.2) is 0 Å². The molecule has 2 aromatic carbocycles. The summed E-state index contributed by atoms with van der Waals surface area (Å²) in [6.07, 6.45) is -4.86. The van der Waals surface area contributed by atoms with Gasteiger partial charge in [0.1, 0.15) is 16.9 Å². The van der Waals surface area contributed by atoms with Crippen LogP contribution in [0.25, 0.3) is 0 Å². The van der Waals surface area contributed by atoms with E-state index in [-0.39, 0.29) is 10.9 Å². The Kier molecular flexibility index (Phi) is 5.31. The fourth-order valence-corrected chi connectivity index (χ4v) is 3.99. The molecule has 2 aromatic rings. The van der Waals surface area contributed by atoms with Gasteiger partial charge < -0.3 is 14.4 Å². The van der Waals surface area contributed by atoms with Crippen LogP contribution >= 0.6 is 11.8 Å². The van der Waals surface area contributed by atoms with Crippen LogP contribution < -0.4 is 9.47 Å². The average Bonchev–Trinajstić information content (AvgIpc) is 3.10. The van der Waals surface area contributed by atoms with E-state index >= 15 is 0 Å². The Labute approximate surface area is 152 Å². The molecule has 26 heavy (non-hydrogen) atoms. The Balaban J connectivity index is 1.87. The molecule has 1 unspecified atom stereocenters. The van der Waals surface area contributed by atoms with Crippen LogP contribution in [-0.2, 0) is 0 Å². The Morgan fingerprint density at radius 2 is 1.85 bits per heavy atom. The smallest absolute Gasteiger partial charge is 0.497 e. The summed E-state index contributed by atoms with van der Waals surface area (Å²) in [4.78, 5) is 14.5. The highest BCUT2D eigenvalue weighted by molar-refractivity contribution is 7.99. The second kappa shape index (κ2) is 7.49. The molecule has 8 heteroatoms. The van der Waals surface area contributed by atoms with Gasteiger partial charge in [-0.1, -0.05) is 24.3 Å². The van der Waals surface area contributed by atoms with Crippen molar-refractivity contribution in [1.29, 1.82) is 0 Å². The van der Waals surface area contributed by atoms with Crippen LogP contribution in [0.2, 0.25) is 0 Å². The van der Waals surface area contributed by atoms with Crippen molar-refractivity contribution in [3.8, 4) is 11.5 Å². The van der Waals surface area contributed by atoms with E-state index in [1.165, 1.54) is 18.2 Å². The van der Waals surface area contributed by atoms with Crippen molar-refractivity contribution in [1.82, 2.24) is 4.90 Å².